The number of rotatable bonds is 5. The fourth-order valence-electron chi connectivity index (χ4n) is 2.32. The Hall–Kier alpha value is -1.02. The van der Waals surface area contributed by atoms with E-state index in [1.165, 1.54) is 19.3 Å². The lowest BCUT2D eigenvalue weighted by Crippen LogP contribution is -2.30. The molecule has 1 aliphatic rings. The predicted molar refractivity (Wildman–Crippen MR) is 81.1 cm³/mol. The molecule has 21 heavy (non-hydrogen) atoms. The summed E-state index contributed by atoms with van der Waals surface area (Å²) in [6.07, 6.45) is 6.00. The molecule has 1 aromatic rings. The Morgan fingerprint density at radius 3 is 2.57 bits per heavy atom. The molecule has 6 nitrogen and oxygen atoms in total. The molecule has 1 saturated carbocycles. The Morgan fingerprint density at radius 1 is 1.29 bits per heavy atom. The van der Waals surface area contributed by atoms with Crippen LogP contribution in [0.15, 0.2) is 4.34 Å². The minimum atomic E-state index is -3.46. The van der Waals surface area contributed by atoms with Gasteiger partial charge in [0.05, 0.1) is 5.25 Å². The zero-order valence-electron chi connectivity index (χ0n) is 12.3. The van der Waals surface area contributed by atoms with E-state index in [1.54, 1.807) is 13.8 Å². The van der Waals surface area contributed by atoms with Crippen LogP contribution in [0.2, 0.25) is 0 Å². The average molecular weight is 331 g/mol. The number of aromatic nitrogens is 2. The van der Waals surface area contributed by atoms with E-state index in [-0.39, 0.29) is 15.3 Å². The molecule has 1 aliphatic carbocycles. The largest absolute Gasteiger partial charge is 0.350 e. The summed E-state index contributed by atoms with van der Waals surface area (Å²) in [7, 11) is -3.46. The minimum absolute atomic E-state index is 0.0830. The summed E-state index contributed by atoms with van der Waals surface area (Å²) in [4.78, 5) is 12.0. The minimum Gasteiger partial charge on any atom is -0.350 e. The Balaban J connectivity index is 1.96. The molecule has 1 amide bonds. The van der Waals surface area contributed by atoms with Crippen LogP contribution >= 0.6 is 11.3 Å². The van der Waals surface area contributed by atoms with Gasteiger partial charge in [0.25, 0.3) is 5.91 Å². The zero-order chi connectivity index (χ0) is 15.5. The van der Waals surface area contributed by atoms with Crippen LogP contribution in [0, 0.1) is 5.92 Å². The normalized spacial score (nSPS) is 17.1. The van der Waals surface area contributed by atoms with Crippen molar-refractivity contribution in [3.8, 4) is 0 Å². The fourth-order valence-corrected chi connectivity index (χ4v) is 4.65. The number of carbonyl (C=O) groups is 1. The Kier molecular flexibility index (Phi) is 5.32. The molecule has 0 atom stereocenters. The quantitative estimate of drug-likeness (QED) is 0.892. The van der Waals surface area contributed by atoms with E-state index in [0.29, 0.717) is 12.5 Å². The number of amides is 1. The van der Waals surface area contributed by atoms with Gasteiger partial charge in [-0.2, -0.15) is 0 Å². The van der Waals surface area contributed by atoms with Crippen LogP contribution in [-0.2, 0) is 9.84 Å². The molecule has 0 saturated heterocycles. The highest BCUT2D eigenvalue weighted by molar-refractivity contribution is 7.93. The van der Waals surface area contributed by atoms with Crippen LogP contribution in [0.3, 0.4) is 0 Å². The molecule has 0 aliphatic heterocycles. The molecule has 1 aromatic heterocycles. The maximum atomic E-state index is 12.0. The molecule has 0 radical (unpaired) electrons. The smallest absolute Gasteiger partial charge is 0.282 e. The monoisotopic (exact) mass is 331 g/mol. The molecular weight excluding hydrogens is 310 g/mol. The van der Waals surface area contributed by atoms with Crippen molar-refractivity contribution in [2.75, 3.05) is 6.54 Å². The summed E-state index contributed by atoms with van der Waals surface area (Å²) in [5.74, 6) is 0.192. The summed E-state index contributed by atoms with van der Waals surface area (Å²) in [6, 6.07) is 0. The second-order valence-electron chi connectivity index (χ2n) is 5.68. The lowest BCUT2D eigenvalue weighted by atomic mass is 9.89. The van der Waals surface area contributed by atoms with Gasteiger partial charge in [0.2, 0.25) is 19.2 Å². The second kappa shape index (κ2) is 6.83. The molecule has 8 heteroatoms. The van der Waals surface area contributed by atoms with Crippen LogP contribution in [0.25, 0.3) is 0 Å². The molecule has 0 spiro atoms. The molecule has 118 valence electrons. The van der Waals surface area contributed by atoms with Gasteiger partial charge in [-0.1, -0.05) is 30.6 Å². The van der Waals surface area contributed by atoms with Crippen LogP contribution in [0.4, 0.5) is 0 Å². The molecular formula is C13H21N3O3S2. The summed E-state index contributed by atoms with van der Waals surface area (Å²) >= 11 is 0.841. The highest BCUT2D eigenvalue weighted by Gasteiger charge is 2.26. The van der Waals surface area contributed by atoms with Crippen LogP contribution < -0.4 is 5.32 Å². The number of nitrogens with zero attached hydrogens (tertiary/aromatic N) is 2. The zero-order valence-corrected chi connectivity index (χ0v) is 14.0. The molecule has 2 rings (SSSR count). The Labute approximate surface area is 129 Å². The van der Waals surface area contributed by atoms with Crippen molar-refractivity contribution in [1.29, 1.82) is 0 Å². The number of hydrogen-bond donors (Lipinski definition) is 1. The standard InChI is InChI=1S/C13H21N3O3S2/c1-9(2)21(18,19)13-16-15-12(20-13)11(17)14-8-10-6-4-3-5-7-10/h9-10H,3-8H2,1-2H3,(H,14,17). The van der Waals surface area contributed by atoms with Crippen molar-refractivity contribution in [2.45, 2.75) is 55.5 Å². The van der Waals surface area contributed by atoms with E-state index in [1.807, 2.05) is 0 Å². The van der Waals surface area contributed by atoms with Crippen molar-refractivity contribution in [2.24, 2.45) is 5.92 Å². The summed E-state index contributed by atoms with van der Waals surface area (Å²) in [5, 5.41) is 9.74. The molecule has 1 heterocycles. The van der Waals surface area contributed by atoms with Crippen molar-refractivity contribution in [1.82, 2.24) is 15.5 Å². The predicted octanol–water partition coefficient (Wildman–Crippen LogP) is 2.03. The van der Waals surface area contributed by atoms with E-state index < -0.39 is 15.1 Å². The van der Waals surface area contributed by atoms with Crippen molar-refractivity contribution < 1.29 is 13.2 Å². The van der Waals surface area contributed by atoms with Crippen molar-refractivity contribution in [3.05, 3.63) is 5.01 Å². The number of sulfone groups is 1. The van der Waals surface area contributed by atoms with Crippen molar-refractivity contribution >= 4 is 27.1 Å². The summed E-state index contributed by atoms with van der Waals surface area (Å²) < 4.78 is 23.8. The molecule has 1 fully saturated rings. The van der Waals surface area contributed by atoms with Crippen LogP contribution in [0.1, 0.15) is 55.8 Å². The van der Waals surface area contributed by atoms with E-state index in [4.69, 9.17) is 0 Å². The third-order valence-electron chi connectivity index (χ3n) is 3.74. The summed E-state index contributed by atoms with van der Waals surface area (Å²) in [5.41, 5.74) is 0. The first-order chi connectivity index (χ1) is 9.91. The van der Waals surface area contributed by atoms with Gasteiger partial charge in [-0.25, -0.2) is 8.42 Å². The van der Waals surface area contributed by atoms with E-state index in [0.717, 1.165) is 24.2 Å². The number of carbonyl (C=O) groups excluding carboxylic acids is 1. The molecule has 0 bridgehead atoms. The lowest BCUT2D eigenvalue weighted by Gasteiger charge is -2.21. The molecule has 1 N–H and O–H groups in total. The van der Waals surface area contributed by atoms with E-state index in [9.17, 15) is 13.2 Å². The topological polar surface area (TPSA) is 89.0 Å². The van der Waals surface area contributed by atoms with Gasteiger partial charge in [0, 0.05) is 6.54 Å². The van der Waals surface area contributed by atoms with Crippen LogP contribution in [-0.4, -0.2) is 36.3 Å². The van der Waals surface area contributed by atoms with Crippen molar-refractivity contribution in [3.63, 3.8) is 0 Å². The lowest BCUT2D eigenvalue weighted by molar-refractivity contribution is 0.0942. The first kappa shape index (κ1) is 16.4. The molecule has 0 aromatic carbocycles. The van der Waals surface area contributed by atoms with E-state index >= 15 is 0 Å². The SMILES string of the molecule is CC(C)S(=O)(=O)c1nnc(C(=O)NCC2CCCCC2)s1. The van der Waals surface area contributed by atoms with Gasteiger partial charge < -0.3 is 5.32 Å². The van der Waals surface area contributed by atoms with Gasteiger partial charge in [-0.15, -0.1) is 10.2 Å². The molecule has 0 unspecified atom stereocenters. The first-order valence-electron chi connectivity index (χ1n) is 7.27. The maximum Gasteiger partial charge on any atom is 0.282 e. The number of hydrogen-bond acceptors (Lipinski definition) is 6. The summed E-state index contributed by atoms with van der Waals surface area (Å²) in [6.45, 7) is 3.80. The third-order valence-corrected chi connectivity index (χ3v) is 7.21. The highest BCUT2D eigenvalue weighted by Crippen LogP contribution is 2.23. The van der Waals surface area contributed by atoms with E-state index in [2.05, 4.69) is 15.5 Å². The maximum absolute atomic E-state index is 12.0. The fraction of sp³-hybridized carbons (Fsp3) is 0.769. The van der Waals surface area contributed by atoms with Gasteiger partial charge in [-0.3, -0.25) is 4.79 Å². The Bertz CT molecular complexity index is 590. The second-order valence-corrected chi connectivity index (χ2v) is 9.34. The first-order valence-corrected chi connectivity index (χ1v) is 9.63. The third kappa shape index (κ3) is 4.00. The van der Waals surface area contributed by atoms with Crippen LogP contribution in [0.5, 0.6) is 0 Å². The number of nitrogens with one attached hydrogen (secondary N) is 1. The van der Waals surface area contributed by atoms with Gasteiger partial charge in [-0.05, 0) is 32.6 Å². The van der Waals surface area contributed by atoms with Gasteiger partial charge in [0.1, 0.15) is 0 Å². The van der Waals surface area contributed by atoms with Gasteiger partial charge in [0.15, 0.2) is 0 Å². The highest BCUT2D eigenvalue weighted by atomic mass is 32.2. The average Bonchev–Trinajstić information content (AvgIpc) is 2.96. The van der Waals surface area contributed by atoms with Gasteiger partial charge >= 0.3 is 0 Å². The Morgan fingerprint density at radius 2 is 1.95 bits per heavy atom.